The standard InChI is InChI=1S/C15H21FO3/c1-2-3-9-19-10-8-13(15(17)18)11-12-4-6-14(16)7-5-12/h4-7,13H,2-3,8-11H2,1H3,(H,17,18). The van der Waals surface area contributed by atoms with E-state index in [0.717, 1.165) is 18.4 Å². The fraction of sp³-hybridized carbons (Fsp3) is 0.533. The Kier molecular flexibility index (Phi) is 7.11. The first-order valence-corrected chi connectivity index (χ1v) is 6.68. The first-order chi connectivity index (χ1) is 9.13. The number of ether oxygens (including phenoxy) is 1. The molecule has 0 aliphatic carbocycles. The van der Waals surface area contributed by atoms with Gasteiger partial charge in [-0.3, -0.25) is 4.79 Å². The van der Waals surface area contributed by atoms with Crippen molar-refractivity contribution < 1.29 is 19.0 Å². The Morgan fingerprint density at radius 2 is 2.00 bits per heavy atom. The number of rotatable bonds is 9. The Bertz CT molecular complexity index is 375. The van der Waals surface area contributed by atoms with Crippen LogP contribution in [0.25, 0.3) is 0 Å². The zero-order chi connectivity index (χ0) is 14.1. The number of benzene rings is 1. The largest absolute Gasteiger partial charge is 0.481 e. The van der Waals surface area contributed by atoms with E-state index < -0.39 is 11.9 Å². The Labute approximate surface area is 113 Å². The van der Waals surface area contributed by atoms with Crippen molar-refractivity contribution in [3.05, 3.63) is 35.6 Å². The second-order valence-electron chi connectivity index (χ2n) is 4.62. The highest BCUT2D eigenvalue weighted by molar-refractivity contribution is 5.70. The quantitative estimate of drug-likeness (QED) is 0.699. The normalized spacial score (nSPS) is 12.3. The summed E-state index contributed by atoms with van der Waals surface area (Å²) in [6.45, 7) is 3.22. The molecule has 0 fully saturated rings. The Balaban J connectivity index is 2.40. The third-order valence-electron chi connectivity index (χ3n) is 3.00. The molecule has 0 radical (unpaired) electrons. The van der Waals surface area contributed by atoms with E-state index in [2.05, 4.69) is 6.92 Å². The molecule has 1 N–H and O–H groups in total. The fourth-order valence-corrected chi connectivity index (χ4v) is 1.79. The molecule has 3 nitrogen and oxygen atoms in total. The van der Waals surface area contributed by atoms with E-state index in [-0.39, 0.29) is 5.82 Å². The second kappa shape index (κ2) is 8.64. The zero-order valence-corrected chi connectivity index (χ0v) is 11.3. The molecule has 1 atom stereocenters. The Hall–Kier alpha value is -1.42. The van der Waals surface area contributed by atoms with Gasteiger partial charge >= 0.3 is 5.97 Å². The lowest BCUT2D eigenvalue weighted by Crippen LogP contribution is -2.18. The summed E-state index contributed by atoms with van der Waals surface area (Å²) in [5.41, 5.74) is 0.836. The van der Waals surface area contributed by atoms with Crippen molar-refractivity contribution in [2.45, 2.75) is 32.6 Å². The van der Waals surface area contributed by atoms with Gasteiger partial charge in [0, 0.05) is 13.2 Å². The maximum Gasteiger partial charge on any atom is 0.306 e. The van der Waals surface area contributed by atoms with Crippen LogP contribution in [-0.4, -0.2) is 24.3 Å². The van der Waals surface area contributed by atoms with Crippen LogP contribution < -0.4 is 0 Å². The predicted octanol–water partition coefficient (Wildman–Crippen LogP) is 3.28. The van der Waals surface area contributed by atoms with Crippen molar-refractivity contribution in [3.8, 4) is 0 Å². The summed E-state index contributed by atoms with van der Waals surface area (Å²) in [5, 5.41) is 9.16. The van der Waals surface area contributed by atoms with E-state index in [4.69, 9.17) is 9.84 Å². The first kappa shape index (κ1) is 15.6. The Morgan fingerprint density at radius 3 is 2.58 bits per heavy atom. The van der Waals surface area contributed by atoms with Gasteiger partial charge in [-0.05, 0) is 37.0 Å². The van der Waals surface area contributed by atoms with Gasteiger partial charge in [-0.1, -0.05) is 25.5 Å². The van der Waals surface area contributed by atoms with Gasteiger partial charge in [0.2, 0.25) is 0 Å². The van der Waals surface area contributed by atoms with Crippen LogP contribution in [0.1, 0.15) is 31.7 Å². The van der Waals surface area contributed by atoms with Gasteiger partial charge in [0.1, 0.15) is 5.82 Å². The molecule has 1 unspecified atom stereocenters. The minimum absolute atomic E-state index is 0.307. The van der Waals surface area contributed by atoms with Gasteiger partial charge in [0.15, 0.2) is 0 Å². The SMILES string of the molecule is CCCCOCCC(Cc1ccc(F)cc1)C(=O)O. The molecule has 0 aromatic heterocycles. The number of aliphatic carboxylic acids is 1. The van der Waals surface area contributed by atoms with Crippen LogP contribution in [0.2, 0.25) is 0 Å². The molecule has 1 aromatic carbocycles. The fourth-order valence-electron chi connectivity index (χ4n) is 1.79. The van der Waals surface area contributed by atoms with E-state index >= 15 is 0 Å². The molecule has 0 spiro atoms. The number of hydrogen-bond acceptors (Lipinski definition) is 2. The van der Waals surface area contributed by atoms with Crippen molar-refractivity contribution in [2.75, 3.05) is 13.2 Å². The van der Waals surface area contributed by atoms with Gasteiger partial charge in [-0.25, -0.2) is 4.39 Å². The molecule has 0 saturated carbocycles. The molecule has 19 heavy (non-hydrogen) atoms. The van der Waals surface area contributed by atoms with Crippen LogP contribution in [0.3, 0.4) is 0 Å². The summed E-state index contributed by atoms with van der Waals surface area (Å²) >= 11 is 0. The minimum atomic E-state index is -0.830. The van der Waals surface area contributed by atoms with Crippen LogP contribution in [0, 0.1) is 11.7 Å². The van der Waals surface area contributed by atoms with E-state index in [0.29, 0.717) is 26.1 Å². The summed E-state index contributed by atoms with van der Waals surface area (Å²) in [7, 11) is 0. The molecule has 0 bridgehead atoms. The molecule has 0 amide bonds. The van der Waals surface area contributed by atoms with Crippen molar-refractivity contribution in [3.63, 3.8) is 0 Å². The van der Waals surface area contributed by atoms with Gasteiger partial charge in [0.05, 0.1) is 5.92 Å². The van der Waals surface area contributed by atoms with E-state index in [1.54, 1.807) is 12.1 Å². The van der Waals surface area contributed by atoms with Crippen LogP contribution >= 0.6 is 0 Å². The molecule has 0 saturated heterocycles. The van der Waals surface area contributed by atoms with Crippen LogP contribution in [-0.2, 0) is 16.0 Å². The highest BCUT2D eigenvalue weighted by Gasteiger charge is 2.17. The molecular formula is C15H21FO3. The van der Waals surface area contributed by atoms with Crippen LogP contribution in [0.15, 0.2) is 24.3 Å². The molecule has 106 valence electrons. The van der Waals surface area contributed by atoms with Crippen molar-refractivity contribution in [1.82, 2.24) is 0 Å². The molecule has 0 heterocycles. The highest BCUT2D eigenvalue weighted by atomic mass is 19.1. The Morgan fingerprint density at radius 1 is 1.32 bits per heavy atom. The summed E-state index contributed by atoms with van der Waals surface area (Å²) in [5.74, 6) is -1.62. The summed E-state index contributed by atoms with van der Waals surface area (Å²) < 4.78 is 18.2. The first-order valence-electron chi connectivity index (χ1n) is 6.68. The molecule has 0 aliphatic rings. The number of carbonyl (C=O) groups is 1. The predicted molar refractivity (Wildman–Crippen MR) is 71.6 cm³/mol. The maximum absolute atomic E-state index is 12.8. The summed E-state index contributed by atoms with van der Waals surface area (Å²) in [6, 6.07) is 5.96. The minimum Gasteiger partial charge on any atom is -0.481 e. The molecule has 1 aromatic rings. The van der Waals surface area contributed by atoms with E-state index in [9.17, 15) is 9.18 Å². The van der Waals surface area contributed by atoms with Crippen LogP contribution in [0.4, 0.5) is 4.39 Å². The molecule has 1 rings (SSSR count). The lowest BCUT2D eigenvalue weighted by atomic mass is 9.97. The van der Waals surface area contributed by atoms with E-state index in [1.165, 1.54) is 12.1 Å². The van der Waals surface area contributed by atoms with Gasteiger partial charge in [0.25, 0.3) is 0 Å². The van der Waals surface area contributed by atoms with Gasteiger partial charge in [-0.2, -0.15) is 0 Å². The highest BCUT2D eigenvalue weighted by Crippen LogP contribution is 2.14. The van der Waals surface area contributed by atoms with Crippen molar-refractivity contribution in [2.24, 2.45) is 5.92 Å². The molecule has 4 heteroatoms. The van der Waals surface area contributed by atoms with Crippen LogP contribution in [0.5, 0.6) is 0 Å². The summed E-state index contributed by atoms with van der Waals surface area (Å²) in [4.78, 5) is 11.2. The number of unbranched alkanes of at least 4 members (excludes halogenated alkanes) is 1. The maximum atomic E-state index is 12.8. The second-order valence-corrected chi connectivity index (χ2v) is 4.62. The zero-order valence-electron chi connectivity index (χ0n) is 11.3. The average Bonchev–Trinajstić information content (AvgIpc) is 2.39. The molecule has 0 aliphatic heterocycles. The number of hydrogen-bond donors (Lipinski definition) is 1. The lowest BCUT2D eigenvalue weighted by molar-refractivity contribution is -0.142. The van der Waals surface area contributed by atoms with Crippen molar-refractivity contribution in [1.29, 1.82) is 0 Å². The smallest absolute Gasteiger partial charge is 0.306 e. The lowest BCUT2D eigenvalue weighted by Gasteiger charge is -2.12. The van der Waals surface area contributed by atoms with Crippen molar-refractivity contribution >= 4 is 5.97 Å². The van der Waals surface area contributed by atoms with Gasteiger partial charge in [-0.15, -0.1) is 0 Å². The number of carboxylic acids is 1. The average molecular weight is 268 g/mol. The third kappa shape index (κ3) is 6.34. The number of halogens is 1. The number of carboxylic acid groups (broad SMARTS) is 1. The summed E-state index contributed by atoms with van der Waals surface area (Å²) in [6.07, 6.45) is 2.96. The third-order valence-corrected chi connectivity index (χ3v) is 3.00. The van der Waals surface area contributed by atoms with E-state index in [1.807, 2.05) is 0 Å². The topological polar surface area (TPSA) is 46.5 Å². The monoisotopic (exact) mass is 268 g/mol. The molecular weight excluding hydrogens is 247 g/mol. The van der Waals surface area contributed by atoms with Gasteiger partial charge < -0.3 is 9.84 Å².